The van der Waals surface area contributed by atoms with Crippen molar-refractivity contribution in [3.05, 3.63) is 0 Å². The van der Waals surface area contributed by atoms with Crippen LogP contribution in [0.2, 0.25) is 12.6 Å². The van der Waals surface area contributed by atoms with Gasteiger partial charge in [-0.3, -0.25) is 0 Å². The van der Waals surface area contributed by atoms with E-state index in [4.69, 9.17) is 18.6 Å². The maximum atomic E-state index is 10.6. The number of carbonyl (C=O) groups excluding carboxylic acids is 1. The van der Waals surface area contributed by atoms with E-state index in [0.29, 0.717) is 13.0 Å². The second kappa shape index (κ2) is 6.00. The Morgan fingerprint density at radius 1 is 1.18 bits per heavy atom. The standard InChI is InChI=1S/C10H18B2O5/c1-3-11-14-7-9(16-11)10-8(5-6-13)15-12(4-2)17-10/h6,8-10H,3-5,7H2,1-2H3. The molecular weight excluding hydrogens is 222 g/mol. The van der Waals surface area contributed by atoms with Gasteiger partial charge in [0.25, 0.3) is 0 Å². The minimum Gasteiger partial charge on any atom is -0.408 e. The van der Waals surface area contributed by atoms with Crippen molar-refractivity contribution in [3.8, 4) is 0 Å². The summed E-state index contributed by atoms with van der Waals surface area (Å²) >= 11 is 0. The highest BCUT2D eigenvalue weighted by atomic mass is 16.7. The summed E-state index contributed by atoms with van der Waals surface area (Å²) in [5.74, 6) is 0. The third-order valence-electron chi connectivity index (χ3n) is 3.14. The summed E-state index contributed by atoms with van der Waals surface area (Å²) in [4.78, 5) is 10.6. The molecule has 0 aromatic heterocycles. The van der Waals surface area contributed by atoms with Crippen molar-refractivity contribution in [2.75, 3.05) is 6.61 Å². The van der Waals surface area contributed by atoms with Crippen LogP contribution in [0.1, 0.15) is 20.3 Å². The minimum absolute atomic E-state index is 0.124. The highest BCUT2D eigenvalue weighted by molar-refractivity contribution is 6.45. The Morgan fingerprint density at radius 3 is 2.53 bits per heavy atom. The zero-order valence-electron chi connectivity index (χ0n) is 10.3. The quantitative estimate of drug-likeness (QED) is 0.525. The van der Waals surface area contributed by atoms with Gasteiger partial charge in [0.05, 0.1) is 24.9 Å². The van der Waals surface area contributed by atoms with Gasteiger partial charge in [0, 0.05) is 6.42 Å². The van der Waals surface area contributed by atoms with E-state index in [1.807, 2.05) is 13.8 Å². The highest BCUT2D eigenvalue weighted by Crippen LogP contribution is 2.28. The molecule has 0 spiro atoms. The molecule has 2 aliphatic rings. The van der Waals surface area contributed by atoms with Gasteiger partial charge in [0.15, 0.2) is 0 Å². The summed E-state index contributed by atoms with van der Waals surface area (Å²) in [5.41, 5.74) is 0. The van der Waals surface area contributed by atoms with Crippen LogP contribution in [-0.2, 0) is 23.4 Å². The molecule has 3 unspecified atom stereocenters. The number of carbonyl (C=O) groups is 1. The van der Waals surface area contributed by atoms with Crippen LogP contribution in [0.15, 0.2) is 0 Å². The summed E-state index contributed by atoms with van der Waals surface area (Å²) < 4.78 is 22.6. The van der Waals surface area contributed by atoms with Gasteiger partial charge < -0.3 is 23.4 Å². The van der Waals surface area contributed by atoms with E-state index in [-0.39, 0.29) is 32.5 Å². The van der Waals surface area contributed by atoms with Crippen LogP contribution >= 0.6 is 0 Å². The highest BCUT2D eigenvalue weighted by Gasteiger charge is 2.46. The summed E-state index contributed by atoms with van der Waals surface area (Å²) in [6, 6.07) is 0. The Balaban J connectivity index is 1.95. The van der Waals surface area contributed by atoms with E-state index in [0.717, 1.165) is 18.9 Å². The van der Waals surface area contributed by atoms with Crippen molar-refractivity contribution in [2.45, 2.75) is 51.2 Å². The SMILES string of the molecule is CCB1OCC(C2OB(CC)OC2CC=O)O1. The van der Waals surface area contributed by atoms with Crippen molar-refractivity contribution in [2.24, 2.45) is 0 Å². The second-order valence-electron chi connectivity index (χ2n) is 4.36. The monoisotopic (exact) mass is 240 g/mol. The van der Waals surface area contributed by atoms with E-state index in [2.05, 4.69) is 0 Å². The molecule has 0 bridgehead atoms. The molecule has 0 amide bonds. The van der Waals surface area contributed by atoms with E-state index < -0.39 is 0 Å². The second-order valence-corrected chi connectivity index (χ2v) is 4.36. The average molecular weight is 240 g/mol. The molecule has 7 heteroatoms. The number of rotatable bonds is 5. The van der Waals surface area contributed by atoms with Gasteiger partial charge in [-0.1, -0.05) is 13.8 Å². The Morgan fingerprint density at radius 2 is 1.94 bits per heavy atom. The smallest absolute Gasteiger partial charge is 0.408 e. The molecule has 0 aromatic carbocycles. The molecular formula is C10H18B2O5. The fourth-order valence-electron chi connectivity index (χ4n) is 2.23. The summed E-state index contributed by atoms with van der Waals surface area (Å²) in [7, 11) is -0.379. The van der Waals surface area contributed by atoms with Crippen molar-refractivity contribution in [3.63, 3.8) is 0 Å². The largest absolute Gasteiger partial charge is 0.457 e. The van der Waals surface area contributed by atoms with E-state index in [9.17, 15) is 4.79 Å². The summed E-state index contributed by atoms with van der Waals surface area (Å²) in [6.07, 6.45) is 2.28. The van der Waals surface area contributed by atoms with Crippen LogP contribution in [0.25, 0.3) is 0 Å². The number of aldehydes is 1. The van der Waals surface area contributed by atoms with Crippen molar-refractivity contribution in [1.29, 1.82) is 0 Å². The average Bonchev–Trinajstić information content (AvgIpc) is 2.95. The molecule has 3 atom stereocenters. The summed E-state index contributed by atoms with van der Waals surface area (Å²) in [6.45, 7) is 4.51. The first kappa shape index (κ1) is 13.1. The van der Waals surface area contributed by atoms with E-state index in [1.54, 1.807) is 0 Å². The maximum absolute atomic E-state index is 10.6. The van der Waals surface area contributed by atoms with Gasteiger partial charge in [-0.15, -0.1) is 0 Å². The molecule has 2 saturated heterocycles. The minimum atomic E-state index is -0.228. The Kier molecular flexibility index (Phi) is 4.62. The van der Waals surface area contributed by atoms with Gasteiger partial charge in [-0.2, -0.15) is 0 Å². The number of hydrogen-bond acceptors (Lipinski definition) is 5. The Bertz CT molecular complexity index is 265. The molecule has 0 aliphatic carbocycles. The maximum Gasteiger partial charge on any atom is 0.457 e. The fourth-order valence-corrected chi connectivity index (χ4v) is 2.23. The Hall–Kier alpha value is -0.360. The number of hydrogen-bond donors (Lipinski definition) is 0. The fraction of sp³-hybridized carbons (Fsp3) is 0.900. The van der Waals surface area contributed by atoms with Crippen LogP contribution in [0.4, 0.5) is 0 Å². The van der Waals surface area contributed by atoms with Crippen LogP contribution in [0, 0.1) is 0 Å². The molecule has 17 heavy (non-hydrogen) atoms. The van der Waals surface area contributed by atoms with Crippen LogP contribution in [0.5, 0.6) is 0 Å². The zero-order valence-corrected chi connectivity index (χ0v) is 10.3. The molecule has 2 fully saturated rings. The van der Waals surface area contributed by atoms with E-state index >= 15 is 0 Å². The third-order valence-corrected chi connectivity index (χ3v) is 3.14. The molecule has 2 aliphatic heterocycles. The van der Waals surface area contributed by atoms with Gasteiger partial charge in [-0.25, -0.2) is 0 Å². The van der Waals surface area contributed by atoms with Gasteiger partial charge in [0.2, 0.25) is 0 Å². The van der Waals surface area contributed by atoms with Crippen molar-refractivity contribution >= 4 is 20.5 Å². The molecule has 0 saturated carbocycles. The zero-order chi connectivity index (χ0) is 12.3. The predicted molar refractivity (Wildman–Crippen MR) is 63.7 cm³/mol. The first-order valence-corrected chi connectivity index (χ1v) is 6.30. The normalized spacial score (nSPS) is 33.4. The van der Waals surface area contributed by atoms with Crippen LogP contribution < -0.4 is 0 Å². The van der Waals surface area contributed by atoms with Crippen LogP contribution in [0.3, 0.4) is 0 Å². The molecule has 0 radical (unpaired) electrons. The first-order valence-electron chi connectivity index (χ1n) is 6.30. The third kappa shape index (κ3) is 2.91. The predicted octanol–water partition coefficient (Wildman–Crippen LogP) is 0.791. The molecule has 0 N–H and O–H groups in total. The lowest BCUT2D eigenvalue weighted by molar-refractivity contribution is -0.109. The van der Waals surface area contributed by atoms with Gasteiger partial charge in [-0.05, 0) is 12.6 Å². The molecule has 2 heterocycles. The topological polar surface area (TPSA) is 54.0 Å². The van der Waals surface area contributed by atoms with Gasteiger partial charge >= 0.3 is 14.2 Å². The van der Waals surface area contributed by atoms with Crippen LogP contribution in [-0.4, -0.2) is 45.4 Å². The lowest BCUT2D eigenvalue weighted by atomic mass is 9.86. The molecule has 2 rings (SSSR count). The lowest BCUT2D eigenvalue weighted by Gasteiger charge is -2.22. The first-order chi connectivity index (χ1) is 8.28. The van der Waals surface area contributed by atoms with Crippen molar-refractivity contribution in [1.82, 2.24) is 0 Å². The lowest BCUT2D eigenvalue weighted by Crippen LogP contribution is -2.37. The van der Waals surface area contributed by atoms with Gasteiger partial charge in [0.1, 0.15) is 6.29 Å². The van der Waals surface area contributed by atoms with Crippen molar-refractivity contribution < 1.29 is 23.4 Å². The Labute approximate surface area is 102 Å². The van der Waals surface area contributed by atoms with E-state index in [1.165, 1.54) is 0 Å². The summed E-state index contributed by atoms with van der Waals surface area (Å²) in [5, 5.41) is 0. The molecule has 0 aromatic rings. The molecule has 94 valence electrons. The molecule has 5 nitrogen and oxygen atoms in total.